The van der Waals surface area contributed by atoms with Gasteiger partial charge in [0, 0.05) is 34.6 Å². The van der Waals surface area contributed by atoms with E-state index in [2.05, 4.69) is 26.0 Å². The summed E-state index contributed by atoms with van der Waals surface area (Å²) >= 11 is 0. The number of para-hydroxylation sites is 1. The molecule has 0 bridgehead atoms. The first-order chi connectivity index (χ1) is 19.2. The lowest BCUT2D eigenvalue weighted by Gasteiger charge is -2.23. The quantitative estimate of drug-likeness (QED) is 0.270. The minimum Gasteiger partial charge on any atom is -0.488 e. The van der Waals surface area contributed by atoms with E-state index in [0.29, 0.717) is 39.0 Å². The fourth-order valence-corrected chi connectivity index (χ4v) is 5.47. The molecular formula is C27H21N7O5S. The number of fused-ring (bicyclic) bond motifs is 1. The zero-order valence-electron chi connectivity index (χ0n) is 21.0. The Morgan fingerprint density at radius 2 is 1.95 bits per heavy atom. The van der Waals surface area contributed by atoms with Gasteiger partial charge in [0.1, 0.15) is 17.9 Å². The zero-order valence-corrected chi connectivity index (χ0v) is 21.8. The molecule has 0 saturated carbocycles. The molecule has 4 heterocycles. The Hall–Kier alpha value is -5.19. The number of pyridine rings is 1. The molecule has 3 aromatic heterocycles. The number of benzene rings is 2. The topological polar surface area (TPSA) is 163 Å². The standard InChI is InChI=1S/C27H21N7O5S/c1-3-16-10-11-19-21-18(14-39-19)23(34(27(36)20(16)21)17-8-5-4-6-9-17)15(2)30-26(35)22-24(32-40(28,37)38)31-33-13-7-12-29-25(22)33/h1,4-13,15H,14H2,2H3,(H,30,35)(H,31,32)(H2,28,37,38)/t15-/m0/s1. The summed E-state index contributed by atoms with van der Waals surface area (Å²) in [5.41, 5.74) is 1.77. The van der Waals surface area contributed by atoms with Crippen molar-refractivity contribution in [2.45, 2.75) is 19.6 Å². The predicted molar refractivity (Wildman–Crippen MR) is 147 cm³/mol. The number of amides is 1. The molecule has 6 rings (SSSR count). The van der Waals surface area contributed by atoms with Crippen molar-refractivity contribution in [1.29, 1.82) is 0 Å². The summed E-state index contributed by atoms with van der Waals surface area (Å²) in [7, 11) is -4.26. The van der Waals surface area contributed by atoms with Gasteiger partial charge in [0.15, 0.2) is 11.5 Å². The highest BCUT2D eigenvalue weighted by molar-refractivity contribution is 7.90. The molecule has 200 valence electrons. The van der Waals surface area contributed by atoms with Crippen LogP contribution in [-0.4, -0.2) is 33.5 Å². The number of nitrogens with two attached hydrogens (primary N) is 1. The zero-order chi connectivity index (χ0) is 28.2. The molecule has 4 N–H and O–H groups in total. The Kier molecular flexibility index (Phi) is 5.79. The average molecular weight is 556 g/mol. The maximum Gasteiger partial charge on any atom is 0.297 e. The maximum atomic E-state index is 14.1. The highest BCUT2D eigenvalue weighted by atomic mass is 32.2. The number of nitrogens with zero attached hydrogens (tertiary/aromatic N) is 4. The van der Waals surface area contributed by atoms with E-state index in [9.17, 15) is 18.0 Å². The Morgan fingerprint density at radius 1 is 1.18 bits per heavy atom. The van der Waals surface area contributed by atoms with Gasteiger partial charge in [0.2, 0.25) is 0 Å². The first-order valence-corrected chi connectivity index (χ1v) is 13.6. The van der Waals surface area contributed by atoms with Crippen molar-refractivity contribution in [3.63, 3.8) is 0 Å². The molecule has 40 heavy (non-hydrogen) atoms. The monoisotopic (exact) mass is 555 g/mol. The second-order valence-corrected chi connectivity index (χ2v) is 10.4. The third-order valence-electron chi connectivity index (χ3n) is 6.60. The number of ether oxygens (including phenoxy) is 1. The van der Waals surface area contributed by atoms with Gasteiger partial charge >= 0.3 is 0 Å². The van der Waals surface area contributed by atoms with E-state index in [4.69, 9.17) is 16.3 Å². The number of nitrogens with one attached hydrogen (secondary N) is 2. The number of aromatic nitrogens is 4. The van der Waals surface area contributed by atoms with Crippen LogP contribution < -0.4 is 25.5 Å². The van der Waals surface area contributed by atoms with Gasteiger partial charge in [-0.15, -0.1) is 11.5 Å². The predicted octanol–water partition coefficient (Wildman–Crippen LogP) is 2.01. The summed E-state index contributed by atoms with van der Waals surface area (Å²) in [6.45, 7) is 1.86. The molecule has 12 nitrogen and oxygen atoms in total. The second kappa shape index (κ2) is 9.23. The molecule has 0 fully saturated rings. The summed E-state index contributed by atoms with van der Waals surface area (Å²) < 4.78 is 34.4. The molecular weight excluding hydrogens is 534 g/mol. The molecule has 0 aliphatic carbocycles. The molecule has 1 amide bonds. The van der Waals surface area contributed by atoms with Crippen LogP contribution in [0.15, 0.2) is 65.7 Å². The number of terminal acetylenes is 1. The molecule has 1 aliphatic rings. The highest BCUT2D eigenvalue weighted by Crippen LogP contribution is 2.39. The van der Waals surface area contributed by atoms with Crippen molar-refractivity contribution in [3.05, 3.63) is 93.7 Å². The summed E-state index contributed by atoms with van der Waals surface area (Å²) in [5.74, 6) is 2.13. The Labute approximate surface area is 227 Å². The Morgan fingerprint density at radius 3 is 2.67 bits per heavy atom. The maximum absolute atomic E-state index is 14.1. The first kappa shape index (κ1) is 25.1. The van der Waals surface area contributed by atoms with Gasteiger partial charge in [-0.2, -0.15) is 8.42 Å². The molecule has 0 saturated heterocycles. The van der Waals surface area contributed by atoms with E-state index in [1.807, 2.05) is 6.07 Å². The van der Waals surface area contributed by atoms with E-state index in [1.165, 1.54) is 21.5 Å². The number of carbonyl (C=O) groups is 1. The highest BCUT2D eigenvalue weighted by Gasteiger charge is 2.31. The molecule has 0 spiro atoms. The molecule has 2 aromatic carbocycles. The largest absolute Gasteiger partial charge is 0.488 e. The lowest BCUT2D eigenvalue weighted by molar-refractivity contribution is 0.0940. The van der Waals surface area contributed by atoms with Crippen LogP contribution in [0.4, 0.5) is 5.82 Å². The van der Waals surface area contributed by atoms with Gasteiger partial charge in [-0.05, 0) is 37.3 Å². The van der Waals surface area contributed by atoms with Crippen LogP contribution >= 0.6 is 0 Å². The molecule has 1 atom stereocenters. The number of hydrogen-bond donors (Lipinski definition) is 3. The van der Waals surface area contributed by atoms with E-state index < -0.39 is 22.2 Å². The van der Waals surface area contributed by atoms with Crippen LogP contribution in [-0.2, 0) is 16.8 Å². The smallest absolute Gasteiger partial charge is 0.297 e. The van der Waals surface area contributed by atoms with Crippen molar-refractivity contribution in [3.8, 4) is 23.8 Å². The summed E-state index contributed by atoms with van der Waals surface area (Å²) in [5, 5.41) is 13.1. The van der Waals surface area contributed by atoms with Crippen molar-refractivity contribution < 1.29 is 17.9 Å². The fourth-order valence-electron chi connectivity index (χ4n) is 5.05. The first-order valence-electron chi connectivity index (χ1n) is 12.0. The molecule has 0 unspecified atom stereocenters. The van der Waals surface area contributed by atoms with Gasteiger partial charge < -0.3 is 10.1 Å². The van der Waals surface area contributed by atoms with E-state index in [1.54, 1.807) is 49.4 Å². The summed E-state index contributed by atoms with van der Waals surface area (Å²) in [6, 6.07) is 13.2. The minimum atomic E-state index is -4.26. The second-order valence-electron chi connectivity index (χ2n) is 9.09. The molecule has 0 radical (unpaired) electrons. The minimum absolute atomic E-state index is 0.103. The van der Waals surface area contributed by atoms with Gasteiger partial charge in [-0.1, -0.05) is 24.1 Å². The van der Waals surface area contributed by atoms with Crippen LogP contribution in [0.1, 0.15) is 40.1 Å². The van der Waals surface area contributed by atoms with Crippen molar-refractivity contribution >= 4 is 38.4 Å². The summed E-state index contributed by atoms with van der Waals surface area (Å²) in [4.78, 5) is 31.9. The molecule has 1 aliphatic heterocycles. The summed E-state index contributed by atoms with van der Waals surface area (Å²) in [6.07, 6.45) is 8.70. The third-order valence-corrected chi connectivity index (χ3v) is 7.07. The fraction of sp³-hybridized carbons (Fsp3) is 0.111. The van der Waals surface area contributed by atoms with Crippen LogP contribution in [0.5, 0.6) is 5.75 Å². The van der Waals surface area contributed by atoms with Gasteiger partial charge in [-0.3, -0.25) is 18.9 Å². The number of anilines is 1. The van der Waals surface area contributed by atoms with E-state index >= 15 is 0 Å². The number of carbonyl (C=O) groups excluding carboxylic acids is 1. The Bertz CT molecular complexity index is 2060. The van der Waals surface area contributed by atoms with Crippen LogP contribution in [0.3, 0.4) is 0 Å². The number of hydrogen-bond acceptors (Lipinski definition) is 7. The van der Waals surface area contributed by atoms with Crippen LogP contribution in [0.25, 0.3) is 22.1 Å². The lowest BCUT2D eigenvalue weighted by Crippen LogP contribution is -2.34. The molecule has 5 aromatic rings. The van der Waals surface area contributed by atoms with Crippen LogP contribution in [0.2, 0.25) is 0 Å². The average Bonchev–Trinajstić information content (AvgIpc) is 3.51. The number of rotatable bonds is 6. The normalized spacial score (nSPS) is 13.1. The Balaban J connectivity index is 1.54. The third kappa shape index (κ3) is 4.03. The van der Waals surface area contributed by atoms with Crippen molar-refractivity contribution in [2.24, 2.45) is 5.14 Å². The van der Waals surface area contributed by atoms with Gasteiger partial charge in [0.25, 0.3) is 21.7 Å². The van der Waals surface area contributed by atoms with Crippen molar-refractivity contribution in [1.82, 2.24) is 24.5 Å². The lowest BCUT2D eigenvalue weighted by atomic mass is 9.97. The van der Waals surface area contributed by atoms with E-state index in [0.717, 1.165) is 0 Å². The molecule has 13 heteroatoms. The van der Waals surface area contributed by atoms with Gasteiger partial charge in [0.05, 0.1) is 17.1 Å². The SMILES string of the molecule is C#Cc1ccc2c3c(c([C@H](C)NC(=O)c4c(NS(N)(=O)=O)nn5cccnc45)n(-c4ccccc4)c(=O)c13)CO2. The van der Waals surface area contributed by atoms with E-state index in [-0.39, 0.29) is 29.2 Å². The van der Waals surface area contributed by atoms with Crippen molar-refractivity contribution in [2.75, 3.05) is 4.72 Å². The van der Waals surface area contributed by atoms with Crippen LogP contribution in [0, 0.1) is 12.3 Å². The van der Waals surface area contributed by atoms with Gasteiger partial charge in [-0.25, -0.2) is 14.6 Å².